The lowest BCUT2D eigenvalue weighted by atomic mass is 9.92. The minimum Gasteiger partial charge on any atom is -0.410 e. The van der Waals surface area contributed by atoms with Crippen LogP contribution >= 0.6 is 0 Å². The normalized spacial score (nSPS) is 19.1. The van der Waals surface area contributed by atoms with Crippen LogP contribution in [0.5, 0.6) is 5.75 Å². The summed E-state index contributed by atoms with van der Waals surface area (Å²) in [4.78, 5) is 16.0. The number of aliphatic hydroxyl groups is 1. The van der Waals surface area contributed by atoms with Gasteiger partial charge in [-0.1, -0.05) is 6.92 Å². The van der Waals surface area contributed by atoms with Crippen LogP contribution in [0.2, 0.25) is 0 Å². The molecule has 0 saturated heterocycles. The van der Waals surface area contributed by atoms with Crippen LogP contribution in [0.3, 0.4) is 0 Å². The Morgan fingerprint density at radius 3 is 2.50 bits per heavy atom. The highest BCUT2D eigenvalue weighted by Gasteiger charge is 2.28. The van der Waals surface area contributed by atoms with E-state index < -0.39 is 17.7 Å². The Balaban J connectivity index is 1.64. The number of hydrogen-bond acceptors (Lipinski definition) is 5. The highest BCUT2D eigenvalue weighted by molar-refractivity contribution is 5.70. The molecular weight excluding hydrogens is 394 g/mol. The molecule has 1 aliphatic carbocycles. The Kier molecular flexibility index (Phi) is 10.5. The molecule has 0 aromatic heterocycles. The zero-order valence-corrected chi connectivity index (χ0v) is 18.0. The summed E-state index contributed by atoms with van der Waals surface area (Å²) in [7, 11) is 1.67. The van der Waals surface area contributed by atoms with Crippen LogP contribution in [0.1, 0.15) is 45.4 Å². The van der Waals surface area contributed by atoms with E-state index in [0.717, 1.165) is 70.4 Å². The molecule has 1 N–H and O–H groups in total. The Labute approximate surface area is 177 Å². The molecule has 8 heteroatoms. The summed E-state index contributed by atoms with van der Waals surface area (Å²) in [6.07, 6.45) is 5.04. The first-order valence-electron chi connectivity index (χ1n) is 10.8. The lowest BCUT2D eigenvalue weighted by Gasteiger charge is -2.34. The molecule has 1 amide bonds. The maximum absolute atomic E-state index is 13.3. The summed E-state index contributed by atoms with van der Waals surface area (Å²) in [5, 5.41) is 9.00. The van der Waals surface area contributed by atoms with Gasteiger partial charge in [-0.15, -0.1) is 0 Å². The number of carbonyl (C=O) groups is 1. The second-order valence-electron chi connectivity index (χ2n) is 7.72. The largest absolute Gasteiger partial charge is 0.415 e. The fraction of sp³-hybridized carbons (Fsp3) is 0.682. The standard InChI is InChI=1S/C22H34F2N2O4/c1-3-26(13-14-27)12-4-5-15-29-18-8-6-17(7-9-18)25(2)22(28)30-19-10-11-20(23)21(24)16-19/h10-11,16-18,27H,3-9,12-15H2,1-2H3. The smallest absolute Gasteiger partial charge is 0.410 e. The maximum Gasteiger partial charge on any atom is 0.415 e. The minimum absolute atomic E-state index is 0.0107. The first-order chi connectivity index (χ1) is 14.4. The van der Waals surface area contributed by atoms with Crippen molar-refractivity contribution < 1.29 is 28.2 Å². The zero-order valence-electron chi connectivity index (χ0n) is 18.0. The van der Waals surface area contributed by atoms with E-state index in [4.69, 9.17) is 14.6 Å². The molecule has 30 heavy (non-hydrogen) atoms. The second kappa shape index (κ2) is 12.8. The van der Waals surface area contributed by atoms with Gasteiger partial charge in [-0.05, 0) is 63.7 Å². The van der Waals surface area contributed by atoms with Crippen LogP contribution < -0.4 is 4.74 Å². The predicted molar refractivity (Wildman–Crippen MR) is 111 cm³/mol. The third kappa shape index (κ3) is 7.81. The fourth-order valence-electron chi connectivity index (χ4n) is 3.72. The molecule has 1 saturated carbocycles. The number of ether oxygens (including phenoxy) is 2. The SMILES string of the molecule is CCN(CCO)CCCCOC1CCC(N(C)C(=O)Oc2ccc(F)c(F)c2)CC1. The van der Waals surface area contributed by atoms with Crippen molar-refractivity contribution in [3.05, 3.63) is 29.8 Å². The number of hydrogen-bond donors (Lipinski definition) is 1. The van der Waals surface area contributed by atoms with E-state index in [-0.39, 0.29) is 24.5 Å². The van der Waals surface area contributed by atoms with Crippen LogP contribution in [0.15, 0.2) is 18.2 Å². The molecule has 2 rings (SSSR count). The van der Waals surface area contributed by atoms with Crippen LogP contribution in [0.4, 0.5) is 13.6 Å². The first kappa shape index (κ1) is 24.5. The molecule has 1 aliphatic rings. The third-order valence-corrected chi connectivity index (χ3v) is 5.66. The topological polar surface area (TPSA) is 62.2 Å². The molecule has 1 aromatic carbocycles. The Bertz CT molecular complexity index is 654. The van der Waals surface area contributed by atoms with E-state index in [2.05, 4.69) is 11.8 Å². The molecule has 1 aromatic rings. The molecule has 0 bridgehead atoms. The minimum atomic E-state index is -1.04. The Morgan fingerprint density at radius 1 is 1.13 bits per heavy atom. The molecule has 6 nitrogen and oxygen atoms in total. The predicted octanol–water partition coefficient (Wildman–Crippen LogP) is 3.82. The molecule has 0 unspecified atom stereocenters. The van der Waals surface area contributed by atoms with Crippen molar-refractivity contribution >= 4 is 6.09 Å². The lowest BCUT2D eigenvalue weighted by Crippen LogP contribution is -2.42. The van der Waals surface area contributed by atoms with Gasteiger partial charge in [-0.3, -0.25) is 0 Å². The molecule has 0 atom stereocenters. The summed E-state index contributed by atoms with van der Waals surface area (Å²) in [5.74, 6) is -2.03. The van der Waals surface area contributed by atoms with Crippen LogP contribution in [0.25, 0.3) is 0 Å². The van der Waals surface area contributed by atoms with Crippen LogP contribution in [0, 0.1) is 11.6 Å². The summed E-state index contributed by atoms with van der Waals surface area (Å²) >= 11 is 0. The van der Waals surface area contributed by atoms with Crippen molar-refractivity contribution in [3.63, 3.8) is 0 Å². The highest BCUT2D eigenvalue weighted by Crippen LogP contribution is 2.26. The van der Waals surface area contributed by atoms with Crippen molar-refractivity contribution in [3.8, 4) is 5.75 Å². The van der Waals surface area contributed by atoms with Gasteiger partial charge in [0.05, 0.1) is 12.7 Å². The van der Waals surface area contributed by atoms with Gasteiger partial charge in [-0.25, -0.2) is 13.6 Å². The number of halogens is 2. The average Bonchev–Trinajstić information content (AvgIpc) is 2.75. The van der Waals surface area contributed by atoms with E-state index in [1.807, 2.05) is 0 Å². The Morgan fingerprint density at radius 2 is 1.87 bits per heavy atom. The van der Waals surface area contributed by atoms with Crippen LogP contribution in [-0.4, -0.2) is 73.0 Å². The zero-order chi connectivity index (χ0) is 21.9. The van der Waals surface area contributed by atoms with E-state index in [0.29, 0.717) is 6.54 Å². The number of likely N-dealkylation sites (N-methyl/N-ethyl adjacent to an activating group) is 1. The van der Waals surface area contributed by atoms with Gasteiger partial charge in [-0.2, -0.15) is 0 Å². The number of aliphatic hydroxyl groups excluding tert-OH is 1. The van der Waals surface area contributed by atoms with Gasteiger partial charge >= 0.3 is 6.09 Å². The molecule has 0 radical (unpaired) electrons. The van der Waals surface area contributed by atoms with Gasteiger partial charge in [0.25, 0.3) is 0 Å². The number of benzene rings is 1. The summed E-state index contributed by atoms with van der Waals surface area (Å²) in [6, 6.07) is 3.08. The van der Waals surface area contributed by atoms with Crippen molar-refractivity contribution in [1.82, 2.24) is 9.80 Å². The van der Waals surface area contributed by atoms with Crippen molar-refractivity contribution in [1.29, 1.82) is 0 Å². The fourth-order valence-corrected chi connectivity index (χ4v) is 3.72. The molecule has 1 fully saturated rings. The number of amides is 1. The number of rotatable bonds is 11. The number of unbranched alkanes of at least 4 members (excludes halogenated alkanes) is 1. The van der Waals surface area contributed by atoms with Crippen LogP contribution in [-0.2, 0) is 4.74 Å². The summed E-state index contributed by atoms with van der Waals surface area (Å²) in [5.41, 5.74) is 0. The number of carbonyl (C=O) groups excluding carboxylic acids is 1. The molecule has 0 heterocycles. The monoisotopic (exact) mass is 428 g/mol. The third-order valence-electron chi connectivity index (χ3n) is 5.66. The second-order valence-corrected chi connectivity index (χ2v) is 7.72. The lowest BCUT2D eigenvalue weighted by molar-refractivity contribution is 0.00986. The van der Waals surface area contributed by atoms with E-state index in [1.165, 1.54) is 11.0 Å². The van der Waals surface area contributed by atoms with E-state index in [9.17, 15) is 13.6 Å². The molecule has 0 spiro atoms. The van der Waals surface area contributed by atoms with Gasteiger partial charge < -0.3 is 24.4 Å². The number of nitrogens with zero attached hydrogens (tertiary/aromatic N) is 2. The van der Waals surface area contributed by atoms with Crippen molar-refractivity contribution in [2.75, 3.05) is 39.9 Å². The summed E-state index contributed by atoms with van der Waals surface area (Å²) < 4.78 is 37.4. The van der Waals surface area contributed by atoms with Crippen molar-refractivity contribution in [2.45, 2.75) is 57.6 Å². The highest BCUT2D eigenvalue weighted by atomic mass is 19.2. The first-order valence-corrected chi connectivity index (χ1v) is 10.8. The molecule has 0 aliphatic heterocycles. The Hall–Kier alpha value is -1.77. The maximum atomic E-state index is 13.3. The molecule has 170 valence electrons. The van der Waals surface area contributed by atoms with E-state index in [1.54, 1.807) is 7.05 Å². The van der Waals surface area contributed by atoms with Gasteiger partial charge in [0.2, 0.25) is 0 Å². The van der Waals surface area contributed by atoms with E-state index >= 15 is 0 Å². The summed E-state index contributed by atoms with van der Waals surface area (Å²) in [6.45, 7) is 5.63. The average molecular weight is 429 g/mol. The van der Waals surface area contributed by atoms with Gasteiger partial charge in [0.15, 0.2) is 11.6 Å². The van der Waals surface area contributed by atoms with Gasteiger partial charge in [0, 0.05) is 32.3 Å². The molecular formula is C22H34F2N2O4. The quantitative estimate of drug-likeness (QED) is 0.543. The van der Waals surface area contributed by atoms with Crippen molar-refractivity contribution in [2.24, 2.45) is 0 Å². The van der Waals surface area contributed by atoms with Gasteiger partial charge in [0.1, 0.15) is 5.75 Å².